The lowest BCUT2D eigenvalue weighted by atomic mass is 10.1. The molecule has 1 aromatic rings. The molecule has 1 atom stereocenters. The van der Waals surface area contributed by atoms with Crippen LogP contribution in [0.5, 0.6) is 0 Å². The van der Waals surface area contributed by atoms with Crippen molar-refractivity contribution in [2.45, 2.75) is 26.2 Å². The van der Waals surface area contributed by atoms with Crippen LogP contribution in [-0.4, -0.2) is 30.0 Å². The molecule has 0 bridgehead atoms. The van der Waals surface area contributed by atoms with Gasteiger partial charge in [0, 0.05) is 19.5 Å². The van der Waals surface area contributed by atoms with Gasteiger partial charge in [-0.15, -0.1) is 10.2 Å². The summed E-state index contributed by atoms with van der Waals surface area (Å²) in [6.45, 7) is 5.03. The van der Waals surface area contributed by atoms with Crippen LogP contribution in [0.3, 0.4) is 0 Å². The minimum atomic E-state index is 0.407. The Morgan fingerprint density at radius 2 is 2.36 bits per heavy atom. The maximum absolute atomic E-state index is 4.18. The number of aliphatic imine (C=N–C) groups is 1. The van der Waals surface area contributed by atoms with E-state index in [4.69, 9.17) is 0 Å². The van der Waals surface area contributed by atoms with Crippen LogP contribution in [0.2, 0.25) is 0 Å². The molecule has 0 amide bonds. The topological polar surface area (TPSA) is 50.2 Å². The van der Waals surface area contributed by atoms with Crippen LogP contribution < -0.4 is 5.32 Å². The Kier molecular flexibility index (Phi) is 4.52. The van der Waals surface area contributed by atoms with Crippen LogP contribution in [0.1, 0.15) is 31.2 Å². The average Bonchev–Trinajstić information content (AvgIpc) is 2.66. The van der Waals surface area contributed by atoms with E-state index in [0.717, 1.165) is 23.1 Å². The van der Waals surface area contributed by atoms with Gasteiger partial charge in [-0.2, -0.15) is 0 Å². The molecule has 1 unspecified atom stereocenters. The van der Waals surface area contributed by atoms with E-state index in [1.165, 1.54) is 0 Å². The van der Waals surface area contributed by atoms with Gasteiger partial charge in [0.15, 0.2) is 0 Å². The van der Waals surface area contributed by atoms with Gasteiger partial charge in [-0.25, -0.2) is 0 Å². The molecule has 0 spiro atoms. The fourth-order valence-corrected chi connectivity index (χ4v) is 1.76. The summed E-state index contributed by atoms with van der Waals surface area (Å²) in [5.74, 6) is 0.407. The molecule has 0 saturated heterocycles. The van der Waals surface area contributed by atoms with Crippen LogP contribution in [0, 0.1) is 0 Å². The third kappa shape index (κ3) is 3.06. The number of hydrogen-bond acceptors (Lipinski definition) is 5. The molecule has 1 rings (SSSR count). The van der Waals surface area contributed by atoms with Gasteiger partial charge in [-0.1, -0.05) is 18.3 Å². The second kappa shape index (κ2) is 5.70. The van der Waals surface area contributed by atoms with Crippen LogP contribution in [0.4, 0.5) is 5.13 Å². The summed E-state index contributed by atoms with van der Waals surface area (Å²) in [6.07, 6.45) is 2.90. The second-order valence-electron chi connectivity index (χ2n) is 3.01. The fraction of sp³-hybridized carbons (Fsp3) is 0.667. The molecule has 14 heavy (non-hydrogen) atoms. The third-order valence-electron chi connectivity index (χ3n) is 1.85. The van der Waals surface area contributed by atoms with Gasteiger partial charge in [0.25, 0.3) is 0 Å². The Labute approximate surface area is 88.5 Å². The Bertz CT molecular complexity index is 295. The first-order chi connectivity index (χ1) is 6.77. The molecule has 0 saturated carbocycles. The van der Waals surface area contributed by atoms with E-state index in [1.807, 2.05) is 20.2 Å². The molecule has 1 N–H and O–H groups in total. The minimum Gasteiger partial charge on any atom is -0.363 e. The number of hydrogen-bond donors (Lipinski definition) is 1. The molecule has 0 aliphatic heterocycles. The quantitative estimate of drug-likeness (QED) is 0.761. The van der Waals surface area contributed by atoms with Crippen molar-refractivity contribution >= 4 is 22.7 Å². The predicted molar refractivity (Wildman–Crippen MR) is 61.5 cm³/mol. The highest BCUT2D eigenvalue weighted by molar-refractivity contribution is 7.15. The summed E-state index contributed by atoms with van der Waals surface area (Å²) in [7, 11) is 1.85. The van der Waals surface area contributed by atoms with Gasteiger partial charge < -0.3 is 5.32 Å². The summed E-state index contributed by atoms with van der Waals surface area (Å²) in [5.41, 5.74) is 0. The number of rotatable bonds is 5. The van der Waals surface area contributed by atoms with Crippen molar-refractivity contribution in [3.63, 3.8) is 0 Å². The Hall–Kier alpha value is -0.970. The molecular weight excluding hydrogens is 196 g/mol. The summed E-state index contributed by atoms with van der Waals surface area (Å²) in [5, 5.41) is 13.0. The molecule has 0 aliphatic carbocycles. The fourth-order valence-electron chi connectivity index (χ4n) is 0.997. The molecule has 78 valence electrons. The van der Waals surface area contributed by atoms with Crippen molar-refractivity contribution in [2.24, 2.45) is 4.99 Å². The molecule has 1 heterocycles. The Morgan fingerprint density at radius 3 is 2.93 bits per heavy atom. The van der Waals surface area contributed by atoms with Gasteiger partial charge in [0.2, 0.25) is 5.13 Å². The molecular formula is C9H16N4S. The highest BCUT2D eigenvalue weighted by Gasteiger charge is 2.09. The van der Waals surface area contributed by atoms with Crippen molar-refractivity contribution in [1.29, 1.82) is 0 Å². The SMILES string of the molecule is CCN=CCC(C)c1nnc(NC)s1. The average molecular weight is 212 g/mol. The smallest absolute Gasteiger partial charge is 0.205 e. The Balaban J connectivity index is 2.51. The molecule has 0 fully saturated rings. The summed E-state index contributed by atoms with van der Waals surface area (Å²) < 4.78 is 0. The van der Waals surface area contributed by atoms with E-state index in [-0.39, 0.29) is 0 Å². The highest BCUT2D eigenvalue weighted by Crippen LogP contribution is 2.24. The largest absolute Gasteiger partial charge is 0.363 e. The van der Waals surface area contributed by atoms with E-state index in [0.29, 0.717) is 5.92 Å². The molecule has 1 aromatic heterocycles. The molecule has 0 aromatic carbocycles. The van der Waals surface area contributed by atoms with E-state index in [2.05, 4.69) is 27.4 Å². The lowest BCUT2D eigenvalue weighted by Gasteiger charge is -2.01. The van der Waals surface area contributed by atoms with Gasteiger partial charge in [0.1, 0.15) is 5.01 Å². The zero-order valence-corrected chi connectivity index (χ0v) is 9.64. The van der Waals surface area contributed by atoms with Crippen LogP contribution in [0.15, 0.2) is 4.99 Å². The molecule has 0 aliphatic rings. The van der Waals surface area contributed by atoms with Gasteiger partial charge >= 0.3 is 0 Å². The number of nitrogens with zero attached hydrogens (tertiary/aromatic N) is 3. The number of aromatic nitrogens is 2. The lowest BCUT2D eigenvalue weighted by Crippen LogP contribution is -1.93. The maximum atomic E-state index is 4.18. The second-order valence-corrected chi connectivity index (χ2v) is 4.02. The summed E-state index contributed by atoms with van der Waals surface area (Å²) in [4.78, 5) is 4.18. The standard InChI is InChI=1S/C9H16N4S/c1-4-11-6-5-7(2)8-12-13-9(10-3)14-8/h6-7H,4-5H2,1-3H3,(H,10,13). The van der Waals surface area contributed by atoms with E-state index in [9.17, 15) is 0 Å². The first-order valence-corrected chi connectivity index (χ1v) is 5.59. The van der Waals surface area contributed by atoms with Crippen LogP contribution in [-0.2, 0) is 0 Å². The Morgan fingerprint density at radius 1 is 1.57 bits per heavy atom. The first kappa shape index (κ1) is 11.1. The number of anilines is 1. The number of nitrogens with one attached hydrogen (secondary N) is 1. The van der Waals surface area contributed by atoms with Crippen LogP contribution >= 0.6 is 11.3 Å². The zero-order valence-electron chi connectivity index (χ0n) is 8.82. The van der Waals surface area contributed by atoms with Gasteiger partial charge in [0.05, 0.1) is 0 Å². The normalized spacial score (nSPS) is 13.4. The molecule has 5 heteroatoms. The molecule has 0 radical (unpaired) electrons. The summed E-state index contributed by atoms with van der Waals surface area (Å²) >= 11 is 1.60. The zero-order chi connectivity index (χ0) is 10.4. The third-order valence-corrected chi connectivity index (χ3v) is 3.02. The first-order valence-electron chi connectivity index (χ1n) is 4.77. The maximum Gasteiger partial charge on any atom is 0.205 e. The summed E-state index contributed by atoms with van der Waals surface area (Å²) in [6, 6.07) is 0. The monoisotopic (exact) mass is 212 g/mol. The van der Waals surface area contributed by atoms with Crippen LogP contribution in [0.25, 0.3) is 0 Å². The van der Waals surface area contributed by atoms with Crippen molar-refractivity contribution in [1.82, 2.24) is 10.2 Å². The lowest BCUT2D eigenvalue weighted by molar-refractivity contribution is 0.781. The van der Waals surface area contributed by atoms with Gasteiger partial charge in [-0.05, 0) is 19.6 Å². The molecule has 4 nitrogen and oxygen atoms in total. The van der Waals surface area contributed by atoms with Crippen molar-refractivity contribution in [3.8, 4) is 0 Å². The van der Waals surface area contributed by atoms with Crippen molar-refractivity contribution < 1.29 is 0 Å². The van der Waals surface area contributed by atoms with Crippen molar-refractivity contribution in [2.75, 3.05) is 18.9 Å². The predicted octanol–water partition coefficient (Wildman–Crippen LogP) is 2.16. The van der Waals surface area contributed by atoms with E-state index >= 15 is 0 Å². The highest BCUT2D eigenvalue weighted by atomic mass is 32.1. The van der Waals surface area contributed by atoms with E-state index < -0.39 is 0 Å². The van der Waals surface area contributed by atoms with Crippen molar-refractivity contribution in [3.05, 3.63) is 5.01 Å². The van der Waals surface area contributed by atoms with E-state index in [1.54, 1.807) is 11.3 Å². The minimum absolute atomic E-state index is 0.407. The van der Waals surface area contributed by atoms with Gasteiger partial charge in [-0.3, -0.25) is 4.99 Å².